The molecule has 2 aromatic rings. The van der Waals surface area contributed by atoms with Crippen molar-refractivity contribution in [2.75, 3.05) is 7.11 Å². The van der Waals surface area contributed by atoms with Crippen LogP contribution in [0.3, 0.4) is 0 Å². The van der Waals surface area contributed by atoms with Gasteiger partial charge in [0, 0.05) is 12.3 Å². The molecule has 0 spiro atoms. The average molecular weight is 228 g/mol. The van der Waals surface area contributed by atoms with Gasteiger partial charge in [0.15, 0.2) is 16.9 Å². The number of ether oxygens (including phenoxy) is 1. The summed E-state index contributed by atoms with van der Waals surface area (Å²) >= 11 is 0. The lowest BCUT2D eigenvalue weighted by Crippen LogP contribution is -2.02. The molecule has 0 amide bonds. The summed E-state index contributed by atoms with van der Waals surface area (Å²) in [5.74, 6) is 0.182. The zero-order valence-corrected chi connectivity index (χ0v) is 8.80. The quantitative estimate of drug-likeness (QED) is 0.779. The number of methoxy groups -OCH3 is 1. The topological polar surface area (TPSA) is 62.3 Å². The first kappa shape index (κ1) is 11.4. The Kier molecular flexibility index (Phi) is 3.21. The highest BCUT2D eigenvalue weighted by atomic mass is 35.5. The highest BCUT2D eigenvalue weighted by molar-refractivity contribution is 5.87. The van der Waals surface area contributed by atoms with E-state index in [0.717, 1.165) is 0 Å². The number of hydrogen-bond acceptors (Lipinski definition) is 3. The SMILES string of the molecule is COc1c(O)ccc2[nH]ccc(=O)c12.Cl. The number of halogens is 1. The molecule has 0 saturated carbocycles. The molecule has 1 aromatic heterocycles. The Balaban J connectivity index is 0.00000112. The van der Waals surface area contributed by atoms with E-state index in [0.29, 0.717) is 10.9 Å². The molecule has 0 aliphatic heterocycles. The van der Waals surface area contributed by atoms with E-state index in [1.807, 2.05) is 0 Å². The van der Waals surface area contributed by atoms with Gasteiger partial charge in [0.05, 0.1) is 18.0 Å². The number of fused-ring (bicyclic) bond motifs is 1. The van der Waals surface area contributed by atoms with Gasteiger partial charge < -0.3 is 14.8 Å². The standard InChI is InChI=1S/C10H9NO3.ClH/c1-14-10-8(13)3-2-6-9(10)7(12)4-5-11-6;/h2-5,13H,1H3,(H,11,12);1H. The molecule has 2 rings (SSSR count). The van der Waals surface area contributed by atoms with E-state index in [1.54, 1.807) is 12.3 Å². The van der Waals surface area contributed by atoms with Crippen molar-refractivity contribution in [1.29, 1.82) is 0 Å². The first-order chi connectivity index (χ1) is 6.74. The first-order valence-electron chi connectivity index (χ1n) is 4.11. The van der Waals surface area contributed by atoms with Gasteiger partial charge in [0.2, 0.25) is 0 Å². The lowest BCUT2D eigenvalue weighted by molar-refractivity contribution is 0.378. The number of phenolic OH excluding ortho intramolecular Hbond substituents is 1. The van der Waals surface area contributed by atoms with Gasteiger partial charge in [0.25, 0.3) is 0 Å². The molecule has 0 atom stereocenters. The molecule has 1 heterocycles. The van der Waals surface area contributed by atoms with Gasteiger partial charge in [-0.05, 0) is 12.1 Å². The van der Waals surface area contributed by atoms with E-state index >= 15 is 0 Å². The summed E-state index contributed by atoms with van der Waals surface area (Å²) in [6.07, 6.45) is 1.56. The first-order valence-corrected chi connectivity index (χ1v) is 4.11. The Labute approximate surface area is 91.9 Å². The van der Waals surface area contributed by atoms with Crippen LogP contribution in [-0.2, 0) is 0 Å². The fraction of sp³-hybridized carbons (Fsp3) is 0.100. The third-order valence-corrected chi connectivity index (χ3v) is 2.06. The van der Waals surface area contributed by atoms with Crippen LogP contribution in [0.1, 0.15) is 0 Å². The summed E-state index contributed by atoms with van der Waals surface area (Å²) < 4.78 is 4.97. The highest BCUT2D eigenvalue weighted by Gasteiger charge is 2.09. The van der Waals surface area contributed by atoms with Crippen molar-refractivity contribution < 1.29 is 9.84 Å². The Bertz CT molecular complexity index is 536. The third kappa shape index (κ3) is 1.76. The zero-order chi connectivity index (χ0) is 10.1. The van der Waals surface area contributed by atoms with Gasteiger partial charge in [-0.25, -0.2) is 0 Å². The Morgan fingerprint density at radius 2 is 2.07 bits per heavy atom. The monoisotopic (exact) mass is 227 g/mol. The number of phenols is 1. The normalized spacial score (nSPS) is 9.67. The largest absolute Gasteiger partial charge is 0.504 e. The summed E-state index contributed by atoms with van der Waals surface area (Å²) in [5.41, 5.74) is 0.471. The maximum Gasteiger partial charge on any atom is 0.193 e. The minimum absolute atomic E-state index is 0. The van der Waals surface area contributed by atoms with Crippen molar-refractivity contribution in [3.63, 3.8) is 0 Å². The van der Waals surface area contributed by atoms with Crippen molar-refractivity contribution in [3.8, 4) is 11.5 Å². The van der Waals surface area contributed by atoms with Crippen LogP contribution in [0, 0.1) is 0 Å². The highest BCUT2D eigenvalue weighted by Crippen LogP contribution is 2.30. The maximum atomic E-state index is 11.5. The van der Waals surface area contributed by atoms with Crippen molar-refractivity contribution in [1.82, 2.24) is 4.98 Å². The number of aromatic nitrogens is 1. The van der Waals surface area contributed by atoms with Crippen LogP contribution in [0.15, 0.2) is 29.2 Å². The third-order valence-electron chi connectivity index (χ3n) is 2.06. The van der Waals surface area contributed by atoms with Crippen molar-refractivity contribution in [2.45, 2.75) is 0 Å². The van der Waals surface area contributed by atoms with E-state index in [9.17, 15) is 9.90 Å². The summed E-state index contributed by atoms with van der Waals surface area (Å²) in [7, 11) is 1.42. The van der Waals surface area contributed by atoms with Gasteiger partial charge in [-0.2, -0.15) is 0 Å². The molecule has 0 bridgehead atoms. The second-order valence-corrected chi connectivity index (χ2v) is 2.88. The lowest BCUT2D eigenvalue weighted by atomic mass is 10.2. The smallest absolute Gasteiger partial charge is 0.193 e. The second kappa shape index (κ2) is 4.23. The summed E-state index contributed by atoms with van der Waals surface area (Å²) in [5, 5.41) is 9.83. The number of aromatic amines is 1. The fourth-order valence-corrected chi connectivity index (χ4v) is 1.43. The summed E-state index contributed by atoms with van der Waals surface area (Å²) in [4.78, 5) is 14.4. The van der Waals surface area contributed by atoms with Gasteiger partial charge >= 0.3 is 0 Å². The molecule has 0 aliphatic rings. The number of nitrogens with one attached hydrogen (secondary N) is 1. The predicted octanol–water partition coefficient (Wildman–Crippen LogP) is 1.66. The molecule has 5 heteroatoms. The van der Waals surface area contributed by atoms with Crippen molar-refractivity contribution in [3.05, 3.63) is 34.6 Å². The Morgan fingerprint density at radius 1 is 1.33 bits per heavy atom. The number of aromatic hydroxyl groups is 1. The van der Waals surface area contributed by atoms with Gasteiger partial charge in [0.1, 0.15) is 0 Å². The van der Waals surface area contributed by atoms with Crippen molar-refractivity contribution in [2.24, 2.45) is 0 Å². The lowest BCUT2D eigenvalue weighted by Gasteiger charge is -2.05. The number of rotatable bonds is 1. The van der Waals surface area contributed by atoms with Crippen LogP contribution in [0.25, 0.3) is 10.9 Å². The van der Waals surface area contributed by atoms with Gasteiger partial charge in [-0.1, -0.05) is 0 Å². The number of hydrogen-bond donors (Lipinski definition) is 2. The molecule has 0 aliphatic carbocycles. The van der Waals surface area contributed by atoms with E-state index in [1.165, 1.54) is 19.2 Å². The number of pyridine rings is 1. The molecule has 1 aromatic carbocycles. The van der Waals surface area contributed by atoms with E-state index in [2.05, 4.69) is 4.98 Å². The minimum Gasteiger partial charge on any atom is -0.504 e. The zero-order valence-electron chi connectivity index (χ0n) is 7.98. The number of H-pyrrole nitrogens is 1. The van der Waals surface area contributed by atoms with E-state index < -0.39 is 0 Å². The molecule has 0 radical (unpaired) electrons. The maximum absolute atomic E-state index is 11.5. The molecule has 0 fully saturated rings. The minimum atomic E-state index is -0.175. The fourth-order valence-electron chi connectivity index (χ4n) is 1.43. The van der Waals surface area contributed by atoms with Gasteiger partial charge in [-0.3, -0.25) is 4.79 Å². The molecular formula is C10H10ClNO3. The molecule has 4 nitrogen and oxygen atoms in total. The van der Waals surface area contributed by atoms with E-state index in [4.69, 9.17) is 4.74 Å². The molecule has 80 valence electrons. The Morgan fingerprint density at radius 3 is 2.73 bits per heavy atom. The van der Waals surface area contributed by atoms with Crippen LogP contribution in [0.4, 0.5) is 0 Å². The second-order valence-electron chi connectivity index (χ2n) is 2.88. The summed E-state index contributed by atoms with van der Waals surface area (Å²) in [6, 6.07) is 4.51. The van der Waals surface area contributed by atoms with Crippen LogP contribution in [-0.4, -0.2) is 17.2 Å². The average Bonchev–Trinajstić information content (AvgIpc) is 2.19. The van der Waals surface area contributed by atoms with Crippen LogP contribution in [0.5, 0.6) is 11.5 Å². The molecule has 0 unspecified atom stereocenters. The van der Waals surface area contributed by atoms with Crippen LogP contribution < -0.4 is 10.2 Å². The predicted molar refractivity (Wildman–Crippen MR) is 60.0 cm³/mol. The molecule has 0 saturated heterocycles. The Hall–Kier alpha value is -1.68. The van der Waals surface area contributed by atoms with Crippen molar-refractivity contribution >= 4 is 23.3 Å². The van der Waals surface area contributed by atoms with Crippen LogP contribution >= 0.6 is 12.4 Å². The molecular weight excluding hydrogens is 218 g/mol. The number of benzene rings is 1. The molecule has 2 N–H and O–H groups in total. The van der Waals surface area contributed by atoms with Gasteiger partial charge in [-0.15, -0.1) is 12.4 Å². The van der Waals surface area contributed by atoms with E-state index in [-0.39, 0.29) is 29.3 Å². The molecule has 15 heavy (non-hydrogen) atoms. The summed E-state index contributed by atoms with van der Waals surface area (Å²) in [6.45, 7) is 0. The van der Waals surface area contributed by atoms with Crippen LogP contribution in [0.2, 0.25) is 0 Å².